The number of ether oxygens (including phenoxy) is 2. The molecule has 1 aromatic rings. The molecule has 1 atom stereocenters. The fourth-order valence-corrected chi connectivity index (χ4v) is 2.05. The minimum absolute atomic E-state index is 0.130. The maximum absolute atomic E-state index is 11.7. The molecule has 0 aliphatic rings. The van der Waals surface area contributed by atoms with Crippen LogP contribution >= 0.6 is 0 Å². The minimum atomic E-state index is -0.566. The van der Waals surface area contributed by atoms with Gasteiger partial charge in [0.05, 0.1) is 13.5 Å². The lowest BCUT2D eigenvalue weighted by Gasteiger charge is -2.20. The summed E-state index contributed by atoms with van der Waals surface area (Å²) in [6.45, 7) is 5.62. The first-order valence-electron chi connectivity index (χ1n) is 8.36. The van der Waals surface area contributed by atoms with Crippen molar-refractivity contribution in [1.82, 2.24) is 5.32 Å². The molecule has 0 saturated heterocycles. The monoisotopic (exact) mass is 345 g/mol. The van der Waals surface area contributed by atoms with Gasteiger partial charge in [-0.05, 0) is 32.8 Å². The van der Waals surface area contributed by atoms with Crippen molar-refractivity contribution in [3.8, 4) is 11.8 Å². The van der Waals surface area contributed by atoms with Crippen molar-refractivity contribution in [3.05, 3.63) is 35.9 Å². The Morgan fingerprint density at radius 1 is 1.20 bits per heavy atom. The predicted octanol–water partition coefficient (Wildman–Crippen LogP) is 3.33. The van der Waals surface area contributed by atoms with E-state index in [1.165, 1.54) is 12.7 Å². The summed E-state index contributed by atoms with van der Waals surface area (Å²) >= 11 is 0. The summed E-state index contributed by atoms with van der Waals surface area (Å²) < 4.78 is 9.88. The van der Waals surface area contributed by atoms with E-state index in [1.54, 1.807) is 20.8 Å². The first kappa shape index (κ1) is 20.6. The maximum atomic E-state index is 11.7. The second-order valence-corrected chi connectivity index (χ2v) is 6.67. The van der Waals surface area contributed by atoms with E-state index < -0.39 is 11.7 Å². The van der Waals surface area contributed by atoms with Crippen LogP contribution in [-0.2, 0) is 20.7 Å². The molecule has 5 heteroatoms. The van der Waals surface area contributed by atoms with Crippen molar-refractivity contribution in [2.45, 2.75) is 45.6 Å². The molecular formula is C20H27NO4. The van der Waals surface area contributed by atoms with Crippen LogP contribution in [0.4, 0.5) is 4.79 Å². The standard InChI is InChI=1S/C20H27NO4/c1-20(2,3)25-19(23)21-15-17(14-18(22)24-4)13-9-8-12-16-10-6-5-7-11-16/h5-7,10-11,17H,8,12,14-15H2,1-4H3,(H,21,23)/t17-/m0/s1. The normalized spacial score (nSPS) is 11.7. The van der Waals surface area contributed by atoms with E-state index in [0.717, 1.165) is 6.42 Å². The second kappa shape index (κ2) is 10.4. The third kappa shape index (κ3) is 10.1. The summed E-state index contributed by atoms with van der Waals surface area (Å²) in [6.07, 6.45) is 1.14. The van der Waals surface area contributed by atoms with Crippen LogP contribution in [0, 0.1) is 17.8 Å². The van der Waals surface area contributed by atoms with Gasteiger partial charge in [0.25, 0.3) is 0 Å². The molecule has 136 valence electrons. The van der Waals surface area contributed by atoms with Crippen LogP contribution in [0.15, 0.2) is 30.3 Å². The van der Waals surface area contributed by atoms with E-state index in [2.05, 4.69) is 29.3 Å². The van der Waals surface area contributed by atoms with E-state index in [-0.39, 0.29) is 24.9 Å². The molecule has 0 unspecified atom stereocenters. The second-order valence-electron chi connectivity index (χ2n) is 6.67. The summed E-state index contributed by atoms with van der Waals surface area (Å²) in [7, 11) is 1.34. The van der Waals surface area contributed by atoms with Gasteiger partial charge in [0.1, 0.15) is 5.60 Å². The number of rotatable bonds is 6. The third-order valence-electron chi connectivity index (χ3n) is 3.22. The lowest BCUT2D eigenvalue weighted by molar-refractivity contribution is -0.141. The zero-order valence-corrected chi connectivity index (χ0v) is 15.4. The third-order valence-corrected chi connectivity index (χ3v) is 3.22. The molecule has 1 rings (SSSR count). The largest absolute Gasteiger partial charge is 0.469 e. The number of esters is 1. The molecule has 0 aromatic heterocycles. The van der Waals surface area contributed by atoms with Crippen LogP contribution in [0.5, 0.6) is 0 Å². The Morgan fingerprint density at radius 3 is 2.48 bits per heavy atom. The number of methoxy groups -OCH3 is 1. The lowest BCUT2D eigenvalue weighted by Crippen LogP contribution is -2.35. The van der Waals surface area contributed by atoms with Gasteiger partial charge in [-0.15, -0.1) is 5.92 Å². The average molecular weight is 345 g/mol. The Morgan fingerprint density at radius 2 is 1.88 bits per heavy atom. The molecule has 0 aliphatic carbocycles. The highest BCUT2D eigenvalue weighted by Crippen LogP contribution is 2.08. The van der Waals surface area contributed by atoms with E-state index in [4.69, 9.17) is 9.47 Å². The SMILES string of the molecule is COC(=O)C[C@H](C#CCCc1ccccc1)CNC(=O)OC(C)(C)C. The maximum Gasteiger partial charge on any atom is 0.407 e. The minimum Gasteiger partial charge on any atom is -0.469 e. The van der Waals surface area contributed by atoms with Gasteiger partial charge in [0, 0.05) is 18.9 Å². The first-order valence-corrected chi connectivity index (χ1v) is 8.36. The van der Waals surface area contributed by atoms with Crippen LogP contribution in [0.1, 0.15) is 39.2 Å². The number of carbonyl (C=O) groups excluding carboxylic acids is 2. The summed E-state index contributed by atoms with van der Waals surface area (Å²) in [5, 5.41) is 2.66. The highest BCUT2D eigenvalue weighted by molar-refractivity contribution is 5.70. The molecule has 0 radical (unpaired) electrons. The number of nitrogens with one attached hydrogen (secondary N) is 1. The van der Waals surface area contributed by atoms with Crippen LogP contribution in [0.25, 0.3) is 0 Å². The van der Waals surface area contributed by atoms with E-state index >= 15 is 0 Å². The van der Waals surface area contributed by atoms with Crippen molar-refractivity contribution in [1.29, 1.82) is 0 Å². The quantitative estimate of drug-likeness (QED) is 0.634. The van der Waals surface area contributed by atoms with Gasteiger partial charge in [0.2, 0.25) is 0 Å². The van der Waals surface area contributed by atoms with Crippen molar-refractivity contribution in [2.75, 3.05) is 13.7 Å². The molecular weight excluding hydrogens is 318 g/mol. The Balaban J connectivity index is 2.54. The van der Waals surface area contributed by atoms with Crippen molar-refractivity contribution in [2.24, 2.45) is 5.92 Å². The van der Waals surface area contributed by atoms with Crippen molar-refractivity contribution < 1.29 is 19.1 Å². The zero-order chi connectivity index (χ0) is 18.7. The van der Waals surface area contributed by atoms with Crippen LogP contribution in [-0.4, -0.2) is 31.3 Å². The van der Waals surface area contributed by atoms with Gasteiger partial charge in [-0.2, -0.15) is 0 Å². The molecule has 0 fully saturated rings. The van der Waals surface area contributed by atoms with Crippen molar-refractivity contribution in [3.63, 3.8) is 0 Å². The van der Waals surface area contributed by atoms with Crippen LogP contribution in [0.3, 0.4) is 0 Å². The van der Waals surface area contributed by atoms with Gasteiger partial charge in [0.15, 0.2) is 0 Å². The number of hydrogen-bond acceptors (Lipinski definition) is 4. The summed E-state index contributed by atoms with van der Waals surface area (Å²) in [5.74, 6) is 5.47. The average Bonchev–Trinajstić information content (AvgIpc) is 2.55. The number of alkyl carbamates (subject to hydrolysis) is 1. The fraction of sp³-hybridized carbons (Fsp3) is 0.500. The smallest absolute Gasteiger partial charge is 0.407 e. The van der Waals surface area contributed by atoms with E-state index in [1.807, 2.05) is 18.2 Å². The lowest BCUT2D eigenvalue weighted by atomic mass is 10.1. The van der Waals surface area contributed by atoms with E-state index in [0.29, 0.717) is 6.42 Å². The molecule has 5 nitrogen and oxygen atoms in total. The Labute approximate surface area is 150 Å². The summed E-state index contributed by atoms with van der Waals surface area (Å²) in [6, 6.07) is 10.1. The Kier molecular flexibility index (Phi) is 8.55. The molecule has 25 heavy (non-hydrogen) atoms. The molecule has 0 bridgehead atoms. The van der Waals surface area contributed by atoms with Gasteiger partial charge in [-0.1, -0.05) is 36.3 Å². The first-order chi connectivity index (χ1) is 11.8. The van der Waals surface area contributed by atoms with Gasteiger partial charge < -0.3 is 14.8 Å². The van der Waals surface area contributed by atoms with Crippen LogP contribution < -0.4 is 5.32 Å². The number of aryl methyl sites for hydroxylation is 1. The molecule has 1 aromatic carbocycles. The fourth-order valence-electron chi connectivity index (χ4n) is 2.05. The van der Waals surface area contributed by atoms with Gasteiger partial charge in [-0.25, -0.2) is 4.79 Å². The van der Waals surface area contributed by atoms with Gasteiger partial charge >= 0.3 is 12.1 Å². The molecule has 0 saturated carbocycles. The molecule has 1 N–H and O–H groups in total. The number of amides is 1. The molecule has 0 heterocycles. The Hall–Kier alpha value is -2.48. The summed E-state index contributed by atoms with van der Waals surface area (Å²) in [4.78, 5) is 23.3. The Bertz CT molecular complexity index is 608. The number of carbonyl (C=O) groups is 2. The van der Waals surface area contributed by atoms with Crippen LogP contribution in [0.2, 0.25) is 0 Å². The molecule has 1 amide bonds. The summed E-state index contributed by atoms with van der Waals surface area (Å²) in [5.41, 5.74) is 0.650. The number of hydrogen-bond donors (Lipinski definition) is 1. The highest BCUT2D eigenvalue weighted by Gasteiger charge is 2.18. The number of benzene rings is 1. The van der Waals surface area contributed by atoms with Gasteiger partial charge in [-0.3, -0.25) is 4.79 Å². The topological polar surface area (TPSA) is 64.6 Å². The zero-order valence-electron chi connectivity index (χ0n) is 15.4. The molecule has 0 aliphatic heterocycles. The molecule has 0 spiro atoms. The van der Waals surface area contributed by atoms with Crippen molar-refractivity contribution >= 4 is 12.1 Å². The highest BCUT2D eigenvalue weighted by atomic mass is 16.6. The van der Waals surface area contributed by atoms with E-state index in [9.17, 15) is 9.59 Å². The predicted molar refractivity (Wildman–Crippen MR) is 96.9 cm³/mol.